The van der Waals surface area contributed by atoms with Crippen molar-refractivity contribution in [3.63, 3.8) is 0 Å². The predicted octanol–water partition coefficient (Wildman–Crippen LogP) is 1.72. The van der Waals surface area contributed by atoms with Crippen molar-refractivity contribution in [2.45, 2.75) is 63.5 Å². The van der Waals surface area contributed by atoms with Crippen LogP contribution in [0, 0.1) is 11.8 Å². The first kappa shape index (κ1) is 14.5. The van der Waals surface area contributed by atoms with Crippen LogP contribution in [0.1, 0.15) is 51.4 Å². The molecule has 2 aliphatic carbocycles. The number of nitrogens with zero attached hydrogens (tertiary/aromatic N) is 1. The first-order valence-electron chi connectivity index (χ1n) is 7.59. The van der Waals surface area contributed by atoms with Crippen LogP contribution in [0.25, 0.3) is 0 Å². The highest BCUT2D eigenvalue weighted by Gasteiger charge is 2.34. The van der Waals surface area contributed by atoms with Gasteiger partial charge in [-0.3, -0.25) is 4.79 Å². The molecule has 0 aliphatic heterocycles. The third kappa shape index (κ3) is 3.35. The number of amides is 1. The molecule has 2 fully saturated rings. The van der Waals surface area contributed by atoms with Gasteiger partial charge in [-0.25, -0.2) is 0 Å². The number of carbonyl (C=O) groups excluding carboxylic acids is 2. The maximum atomic E-state index is 12.3. The van der Waals surface area contributed by atoms with Crippen molar-refractivity contribution in [1.82, 2.24) is 4.90 Å². The summed E-state index contributed by atoms with van der Waals surface area (Å²) in [7, 11) is 1.89. The van der Waals surface area contributed by atoms with Gasteiger partial charge in [0.15, 0.2) is 0 Å². The van der Waals surface area contributed by atoms with Crippen molar-refractivity contribution in [1.29, 1.82) is 0 Å². The van der Waals surface area contributed by atoms with Crippen LogP contribution in [0.15, 0.2) is 0 Å². The van der Waals surface area contributed by atoms with Crippen LogP contribution in [0.4, 0.5) is 0 Å². The third-order valence-electron chi connectivity index (χ3n) is 5.08. The Morgan fingerprint density at radius 1 is 1.26 bits per heavy atom. The van der Waals surface area contributed by atoms with E-state index in [9.17, 15) is 9.59 Å². The molecule has 108 valence electrons. The van der Waals surface area contributed by atoms with Crippen molar-refractivity contribution in [3.8, 4) is 0 Å². The zero-order valence-corrected chi connectivity index (χ0v) is 11.9. The molecule has 19 heavy (non-hydrogen) atoms. The molecule has 0 radical (unpaired) electrons. The van der Waals surface area contributed by atoms with Crippen LogP contribution in [-0.4, -0.2) is 36.2 Å². The van der Waals surface area contributed by atoms with Crippen LogP contribution < -0.4 is 5.73 Å². The van der Waals surface area contributed by atoms with E-state index in [0.717, 1.165) is 44.8 Å². The van der Waals surface area contributed by atoms with Gasteiger partial charge >= 0.3 is 0 Å². The lowest BCUT2D eigenvalue weighted by molar-refractivity contribution is -0.136. The minimum atomic E-state index is -0.345. The molecule has 2 rings (SSSR count). The van der Waals surface area contributed by atoms with Crippen LogP contribution in [0.5, 0.6) is 0 Å². The molecule has 2 saturated carbocycles. The maximum absolute atomic E-state index is 12.3. The van der Waals surface area contributed by atoms with Crippen LogP contribution in [0.2, 0.25) is 0 Å². The average molecular weight is 266 g/mol. The second-order valence-corrected chi connectivity index (χ2v) is 6.24. The second kappa shape index (κ2) is 6.51. The minimum Gasteiger partial charge on any atom is -0.341 e. The highest BCUT2D eigenvalue weighted by molar-refractivity contribution is 5.82. The number of rotatable bonds is 5. The zero-order chi connectivity index (χ0) is 13.8. The zero-order valence-electron chi connectivity index (χ0n) is 11.9. The lowest BCUT2D eigenvalue weighted by Crippen LogP contribution is -2.52. The van der Waals surface area contributed by atoms with E-state index in [1.165, 1.54) is 6.42 Å². The molecule has 0 aromatic rings. The van der Waals surface area contributed by atoms with E-state index in [1.807, 2.05) is 11.9 Å². The Labute approximate surface area is 115 Å². The molecule has 4 nitrogen and oxygen atoms in total. The summed E-state index contributed by atoms with van der Waals surface area (Å²) in [4.78, 5) is 24.7. The highest BCUT2D eigenvalue weighted by Crippen LogP contribution is 2.33. The van der Waals surface area contributed by atoms with Crippen LogP contribution in [-0.2, 0) is 9.59 Å². The van der Waals surface area contributed by atoms with Gasteiger partial charge in [-0.05, 0) is 56.8 Å². The smallest absolute Gasteiger partial charge is 0.239 e. The molecule has 0 bridgehead atoms. The molecular weight excluding hydrogens is 240 g/mol. The molecule has 0 unspecified atom stereocenters. The van der Waals surface area contributed by atoms with Crippen molar-refractivity contribution in [2.24, 2.45) is 17.6 Å². The van der Waals surface area contributed by atoms with Gasteiger partial charge in [0.1, 0.15) is 6.29 Å². The van der Waals surface area contributed by atoms with Crippen molar-refractivity contribution in [2.75, 3.05) is 7.05 Å². The molecule has 2 aliphatic rings. The van der Waals surface area contributed by atoms with Crippen molar-refractivity contribution < 1.29 is 9.59 Å². The Bertz CT molecular complexity index is 320. The average Bonchev–Trinajstić information content (AvgIpc) is 2.36. The first-order chi connectivity index (χ1) is 9.13. The number of hydrogen-bond donors (Lipinski definition) is 1. The van der Waals surface area contributed by atoms with Gasteiger partial charge in [0.25, 0.3) is 0 Å². The summed E-state index contributed by atoms with van der Waals surface area (Å²) in [5, 5.41) is 0. The summed E-state index contributed by atoms with van der Waals surface area (Å²) in [6.07, 6.45) is 9.22. The van der Waals surface area contributed by atoms with Gasteiger partial charge in [0.05, 0.1) is 6.04 Å². The quantitative estimate of drug-likeness (QED) is 0.771. The van der Waals surface area contributed by atoms with Gasteiger partial charge in [0.2, 0.25) is 5.91 Å². The highest BCUT2D eigenvalue weighted by atomic mass is 16.2. The molecule has 0 aromatic heterocycles. The summed E-state index contributed by atoms with van der Waals surface area (Å²) in [6.45, 7) is 0. The fourth-order valence-electron chi connectivity index (χ4n) is 3.31. The number of hydrogen-bond acceptors (Lipinski definition) is 3. The molecule has 1 amide bonds. The Morgan fingerprint density at radius 2 is 1.89 bits per heavy atom. The summed E-state index contributed by atoms with van der Waals surface area (Å²) < 4.78 is 0. The van der Waals surface area contributed by atoms with E-state index < -0.39 is 0 Å². The predicted molar refractivity (Wildman–Crippen MR) is 74.5 cm³/mol. The van der Waals surface area contributed by atoms with Crippen LogP contribution >= 0.6 is 0 Å². The van der Waals surface area contributed by atoms with E-state index in [1.54, 1.807) is 0 Å². The van der Waals surface area contributed by atoms with E-state index in [2.05, 4.69) is 0 Å². The van der Waals surface area contributed by atoms with Crippen molar-refractivity contribution in [3.05, 3.63) is 0 Å². The third-order valence-corrected chi connectivity index (χ3v) is 5.08. The monoisotopic (exact) mass is 266 g/mol. The Balaban J connectivity index is 1.81. The van der Waals surface area contributed by atoms with E-state index in [4.69, 9.17) is 5.73 Å². The van der Waals surface area contributed by atoms with Gasteiger partial charge in [0, 0.05) is 19.5 Å². The van der Waals surface area contributed by atoms with E-state index >= 15 is 0 Å². The fraction of sp³-hybridized carbons (Fsp3) is 0.867. The minimum absolute atomic E-state index is 0.114. The lowest BCUT2D eigenvalue weighted by Gasteiger charge is -2.38. The fourth-order valence-corrected chi connectivity index (χ4v) is 3.31. The SMILES string of the molecule is CN(C(=O)[C@@H](N)C1CCC(CC=O)CC1)C1CCC1. The van der Waals surface area contributed by atoms with Gasteiger partial charge in [-0.1, -0.05) is 0 Å². The Kier molecular flexibility index (Phi) is 4.97. The first-order valence-corrected chi connectivity index (χ1v) is 7.59. The summed E-state index contributed by atoms with van der Waals surface area (Å²) in [5.74, 6) is 0.932. The number of nitrogens with two attached hydrogens (primary N) is 1. The topological polar surface area (TPSA) is 63.4 Å². The maximum Gasteiger partial charge on any atom is 0.239 e. The summed E-state index contributed by atoms with van der Waals surface area (Å²) in [6, 6.07) is 0.0766. The molecule has 0 saturated heterocycles. The normalized spacial score (nSPS) is 29.4. The Hall–Kier alpha value is -0.900. The van der Waals surface area contributed by atoms with Gasteiger partial charge in [-0.2, -0.15) is 0 Å². The van der Waals surface area contributed by atoms with E-state index in [0.29, 0.717) is 24.3 Å². The Morgan fingerprint density at radius 3 is 2.37 bits per heavy atom. The lowest BCUT2D eigenvalue weighted by atomic mass is 9.77. The number of aldehydes is 1. The number of carbonyl (C=O) groups is 2. The molecule has 4 heteroatoms. The van der Waals surface area contributed by atoms with E-state index in [-0.39, 0.29) is 11.9 Å². The van der Waals surface area contributed by atoms with Gasteiger partial charge < -0.3 is 15.4 Å². The summed E-state index contributed by atoms with van der Waals surface area (Å²) in [5.41, 5.74) is 6.17. The molecule has 0 heterocycles. The molecule has 0 aromatic carbocycles. The van der Waals surface area contributed by atoms with Crippen LogP contribution in [0.3, 0.4) is 0 Å². The van der Waals surface area contributed by atoms with Crippen molar-refractivity contribution >= 4 is 12.2 Å². The molecular formula is C15H26N2O2. The standard InChI is InChI=1S/C15H26N2O2/c1-17(13-3-2-4-13)15(19)14(16)12-7-5-11(6-8-12)9-10-18/h10-14H,2-9,16H2,1H3/t11?,12?,14-/m0/s1. The largest absolute Gasteiger partial charge is 0.341 e. The molecule has 2 N–H and O–H groups in total. The second-order valence-electron chi connectivity index (χ2n) is 6.24. The van der Waals surface area contributed by atoms with Gasteiger partial charge in [-0.15, -0.1) is 0 Å². The number of likely N-dealkylation sites (N-methyl/N-ethyl adjacent to an activating group) is 1. The summed E-state index contributed by atoms with van der Waals surface area (Å²) >= 11 is 0. The molecule has 0 spiro atoms. The molecule has 1 atom stereocenters.